The van der Waals surface area contributed by atoms with Gasteiger partial charge < -0.3 is 5.73 Å². The Kier molecular flexibility index (Phi) is 3.42. The van der Waals surface area contributed by atoms with E-state index in [1.807, 2.05) is 11.6 Å². The summed E-state index contributed by atoms with van der Waals surface area (Å²) in [5.74, 6) is 0.680. The van der Waals surface area contributed by atoms with Crippen LogP contribution >= 0.6 is 43.2 Å². The molecule has 2 aromatic heterocycles. The van der Waals surface area contributed by atoms with Gasteiger partial charge in [-0.15, -0.1) is 11.3 Å². The van der Waals surface area contributed by atoms with E-state index in [9.17, 15) is 0 Å². The number of hydrogen-bond donors (Lipinski definition) is 1. The molecule has 0 unspecified atom stereocenters. The number of nitrogen functional groups attached to an aromatic ring is 1. The zero-order chi connectivity index (χ0) is 11.9. The van der Waals surface area contributed by atoms with E-state index in [1.54, 1.807) is 11.3 Å². The minimum Gasteiger partial charge on any atom is -0.383 e. The van der Waals surface area contributed by atoms with Crippen LogP contribution in [0.1, 0.15) is 15.4 Å². The predicted molar refractivity (Wildman–Crippen MR) is 74.9 cm³/mol. The molecule has 2 rings (SSSR count). The predicted octanol–water partition coefficient (Wildman–Crippen LogP) is 3.72. The van der Waals surface area contributed by atoms with Gasteiger partial charge in [-0.05, 0) is 51.8 Å². The molecule has 0 saturated carbocycles. The minimum atomic E-state index is 0.680. The average Bonchev–Trinajstić information content (AvgIpc) is 2.64. The third-order valence-electron chi connectivity index (χ3n) is 2.31. The van der Waals surface area contributed by atoms with E-state index in [0.29, 0.717) is 5.82 Å². The van der Waals surface area contributed by atoms with Crippen molar-refractivity contribution in [1.29, 1.82) is 0 Å². The van der Waals surface area contributed by atoms with Crippen LogP contribution < -0.4 is 5.73 Å². The molecule has 6 heteroatoms. The Balaban J connectivity index is 2.30. The number of thiophene rings is 1. The van der Waals surface area contributed by atoms with E-state index in [-0.39, 0.29) is 0 Å². The maximum atomic E-state index is 5.94. The number of nitrogens with zero attached hydrogens (tertiary/aromatic N) is 2. The molecule has 2 aromatic rings. The molecule has 3 nitrogen and oxygen atoms in total. The molecule has 2 N–H and O–H groups in total. The molecule has 86 valence electrons. The van der Waals surface area contributed by atoms with Crippen LogP contribution in [0.15, 0.2) is 15.0 Å². The molecular formula is C10H11Br2N3S. The summed E-state index contributed by atoms with van der Waals surface area (Å²) in [6, 6.07) is 2.12. The maximum Gasteiger partial charge on any atom is 0.136 e. The lowest BCUT2D eigenvalue weighted by Gasteiger charge is -2.01. The highest BCUT2D eigenvalue weighted by Crippen LogP contribution is 2.29. The molecule has 0 aliphatic rings. The van der Waals surface area contributed by atoms with Gasteiger partial charge >= 0.3 is 0 Å². The van der Waals surface area contributed by atoms with Crippen molar-refractivity contribution in [3.63, 3.8) is 0 Å². The Morgan fingerprint density at radius 1 is 1.44 bits per heavy atom. The van der Waals surface area contributed by atoms with Gasteiger partial charge in [-0.2, -0.15) is 5.10 Å². The molecule has 0 radical (unpaired) electrons. The quantitative estimate of drug-likeness (QED) is 0.882. The molecule has 0 atom stereocenters. The first kappa shape index (κ1) is 12.1. The van der Waals surface area contributed by atoms with Gasteiger partial charge in [0.25, 0.3) is 0 Å². The smallest absolute Gasteiger partial charge is 0.136 e. The summed E-state index contributed by atoms with van der Waals surface area (Å²) >= 11 is 8.68. The van der Waals surface area contributed by atoms with E-state index in [4.69, 9.17) is 5.73 Å². The zero-order valence-electron chi connectivity index (χ0n) is 8.92. The topological polar surface area (TPSA) is 43.8 Å². The summed E-state index contributed by atoms with van der Waals surface area (Å²) in [6.45, 7) is 4.74. The molecule has 0 spiro atoms. The SMILES string of the molecule is Cc1nn(Cc2cc(Br)c(C)s2)c(N)c1Br. The van der Waals surface area contributed by atoms with Crippen molar-refractivity contribution in [3.8, 4) is 0 Å². The fourth-order valence-electron chi connectivity index (χ4n) is 1.44. The summed E-state index contributed by atoms with van der Waals surface area (Å²) in [5.41, 5.74) is 6.86. The Morgan fingerprint density at radius 2 is 2.12 bits per heavy atom. The van der Waals surface area contributed by atoms with Crippen molar-refractivity contribution in [2.75, 3.05) is 5.73 Å². The first-order valence-corrected chi connectivity index (χ1v) is 7.12. The number of aromatic nitrogens is 2. The highest BCUT2D eigenvalue weighted by Gasteiger charge is 2.11. The molecule has 0 aromatic carbocycles. The Morgan fingerprint density at radius 3 is 2.56 bits per heavy atom. The Labute approximate surface area is 115 Å². The van der Waals surface area contributed by atoms with Gasteiger partial charge in [0.1, 0.15) is 5.82 Å². The second-order valence-corrected chi connectivity index (χ2v) is 6.55. The lowest BCUT2D eigenvalue weighted by molar-refractivity contribution is 0.697. The van der Waals surface area contributed by atoms with Crippen LogP contribution in [-0.4, -0.2) is 9.78 Å². The summed E-state index contributed by atoms with van der Waals surface area (Å²) in [7, 11) is 0. The highest BCUT2D eigenvalue weighted by molar-refractivity contribution is 9.11. The standard InChI is InChI=1S/C10H11Br2N3S/c1-5-9(12)10(13)15(14-5)4-7-3-8(11)6(2)16-7/h3H,4,13H2,1-2H3. The van der Waals surface area contributed by atoms with Gasteiger partial charge in [-0.1, -0.05) is 0 Å². The lowest BCUT2D eigenvalue weighted by Crippen LogP contribution is -2.04. The maximum absolute atomic E-state index is 5.94. The highest BCUT2D eigenvalue weighted by atomic mass is 79.9. The largest absolute Gasteiger partial charge is 0.383 e. The van der Waals surface area contributed by atoms with E-state index in [2.05, 4.69) is 49.9 Å². The minimum absolute atomic E-state index is 0.680. The van der Waals surface area contributed by atoms with Crippen LogP contribution in [0.5, 0.6) is 0 Å². The summed E-state index contributed by atoms with van der Waals surface area (Å²) in [5, 5.41) is 4.38. The van der Waals surface area contributed by atoms with Crippen molar-refractivity contribution in [1.82, 2.24) is 9.78 Å². The van der Waals surface area contributed by atoms with E-state index < -0.39 is 0 Å². The van der Waals surface area contributed by atoms with Crippen LogP contribution in [0.3, 0.4) is 0 Å². The van der Waals surface area contributed by atoms with Crippen molar-refractivity contribution in [2.24, 2.45) is 0 Å². The number of nitrogens with two attached hydrogens (primary N) is 1. The van der Waals surface area contributed by atoms with Gasteiger partial charge in [0.05, 0.1) is 16.7 Å². The van der Waals surface area contributed by atoms with Crippen molar-refractivity contribution < 1.29 is 0 Å². The van der Waals surface area contributed by atoms with Crippen LogP contribution in [0.4, 0.5) is 5.82 Å². The Bertz CT molecular complexity index is 511. The molecule has 0 amide bonds. The summed E-state index contributed by atoms with van der Waals surface area (Å²) in [6.07, 6.45) is 0. The van der Waals surface area contributed by atoms with Crippen molar-refractivity contribution in [3.05, 3.63) is 30.5 Å². The lowest BCUT2D eigenvalue weighted by atomic mass is 10.4. The second-order valence-electron chi connectivity index (χ2n) is 3.56. The average molecular weight is 365 g/mol. The van der Waals surface area contributed by atoms with Gasteiger partial charge in [-0.25, -0.2) is 4.68 Å². The number of anilines is 1. The molecule has 16 heavy (non-hydrogen) atoms. The third-order valence-corrected chi connectivity index (χ3v) is 5.41. The molecule has 0 saturated heterocycles. The van der Waals surface area contributed by atoms with Crippen LogP contribution in [0.2, 0.25) is 0 Å². The number of aryl methyl sites for hydroxylation is 2. The number of halogens is 2. The monoisotopic (exact) mass is 363 g/mol. The fraction of sp³-hybridized carbons (Fsp3) is 0.300. The van der Waals surface area contributed by atoms with E-state index >= 15 is 0 Å². The molecule has 0 aliphatic carbocycles. The molecular weight excluding hydrogens is 354 g/mol. The van der Waals surface area contributed by atoms with Crippen molar-refractivity contribution >= 4 is 49.0 Å². The Hall–Kier alpha value is -0.330. The first-order valence-electron chi connectivity index (χ1n) is 4.72. The van der Waals surface area contributed by atoms with E-state index in [1.165, 1.54) is 9.75 Å². The number of hydrogen-bond acceptors (Lipinski definition) is 3. The first-order chi connectivity index (χ1) is 7.49. The van der Waals surface area contributed by atoms with Gasteiger partial charge in [0.15, 0.2) is 0 Å². The van der Waals surface area contributed by atoms with Crippen LogP contribution in [0.25, 0.3) is 0 Å². The molecule has 0 bridgehead atoms. The fourth-order valence-corrected chi connectivity index (χ4v) is 3.31. The van der Waals surface area contributed by atoms with Crippen molar-refractivity contribution in [2.45, 2.75) is 20.4 Å². The summed E-state index contributed by atoms with van der Waals surface area (Å²) in [4.78, 5) is 2.52. The molecule has 0 fully saturated rings. The van der Waals surface area contributed by atoms with Crippen LogP contribution in [-0.2, 0) is 6.54 Å². The second kappa shape index (κ2) is 4.50. The molecule has 2 heterocycles. The third kappa shape index (κ3) is 2.19. The normalized spacial score (nSPS) is 11.0. The summed E-state index contributed by atoms with van der Waals surface area (Å²) < 4.78 is 3.85. The number of rotatable bonds is 2. The van der Waals surface area contributed by atoms with Gasteiger partial charge in [-0.3, -0.25) is 0 Å². The van der Waals surface area contributed by atoms with Gasteiger partial charge in [0, 0.05) is 14.2 Å². The van der Waals surface area contributed by atoms with E-state index in [0.717, 1.165) is 21.2 Å². The van der Waals surface area contributed by atoms with Gasteiger partial charge in [0.2, 0.25) is 0 Å². The van der Waals surface area contributed by atoms with Crippen LogP contribution in [0, 0.1) is 13.8 Å². The molecule has 0 aliphatic heterocycles. The zero-order valence-corrected chi connectivity index (χ0v) is 12.9.